The Kier molecular flexibility index (Phi) is 31.2. The quantitative estimate of drug-likeness (QED) is 0.0287. The summed E-state index contributed by atoms with van der Waals surface area (Å²) in [6, 6.07) is 0. The molecule has 0 aromatic carbocycles. The summed E-state index contributed by atoms with van der Waals surface area (Å²) in [5, 5.41) is 40.8. The normalized spacial score (nSPS) is 20.9. The second-order valence-electron chi connectivity index (χ2n) is 15.6. The molecule has 2 unspecified atom stereocenters. The van der Waals surface area contributed by atoms with E-state index in [1.54, 1.807) is 12.2 Å². The van der Waals surface area contributed by atoms with Crippen LogP contribution in [0, 0.1) is 11.8 Å². The third-order valence-electron chi connectivity index (χ3n) is 10.5. The standard InChI is InChI=1S/C44H80O9/c1-4-6-21-27-37(45)31-32-41-39(40(47)33-44(50)53-41)28-23-19-20-25-30-43(49)52-35-38(46)34-51-42(48)29-24-18-16-14-12-10-8-7-9-11-13-15-17-22-26-36(3)5-2/h19,23,31-32,36-41,44-47,50H,4-18,20-22,24-30,33-35H2,1-3H3/b23-19-,32-31+/t36?,37-,38-,39-,40-,41+,44?/m0/s1. The number of carbonyl (C=O) groups excluding carboxylic acids is 2. The molecule has 7 atom stereocenters. The molecule has 0 aromatic rings. The molecule has 1 fully saturated rings. The summed E-state index contributed by atoms with van der Waals surface area (Å²) in [5.41, 5.74) is 0. The lowest BCUT2D eigenvalue weighted by molar-refractivity contribution is -0.199. The van der Waals surface area contributed by atoms with Crippen molar-refractivity contribution in [2.45, 2.75) is 218 Å². The van der Waals surface area contributed by atoms with E-state index in [1.807, 2.05) is 12.2 Å². The van der Waals surface area contributed by atoms with E-state index in [9.17, 15) is 30.0 Å². The van der Waals surface area contributed by atoms with Crippen molar-refractivity contribution >= 4 is 11.9 Å². The van der Waals surface area contributed by atoms with E-state index in [4.69, 9.17) is 14.2 Å². The molecule has 0 bridgehead atoms. The number of ether oxygens (including phenoxy) is 3. The maximum atomic E-state index is 12.1. The number of hydrogen-bond acceptors (Lipinski definition) is 9. The van der Waals surface area contributed by atoms with Crippen LogP contribution in [0.5, 0.6) is 0 Å². The maximum Gasteiger partial charge on any atom is 0.305 e. The number of hydrogen-bond donors (Lipinski definition) is 4. The number of rotatable bonds is 34. The van der Waals surface area contributed by atoms with Gasteiger partial charge in [-0.15, -0.1) is 0 Å². The average Bonchev–Trinajstić information content (AvgIpc) is 3.13. The second-order valence-corrected chi connectivity index (χ2v) is 15.6. The minimum absolute atomic E-state index is 0.137. The molecule has 0 saturated carbocycles. The van der Waals surface area contributed by atoms with Gasteiger partial charge in [-0.2, -0.15) is 0 Å². The van der Waals surface area contributed by atoms with Crippen LogP contribution < -0.4 is 0 Å². The summed E-state index contributed by atoms with van der Waals surface area (Å²) in [6.07, 6.45) is 30.0. The Morgan fingerprint density at radius 1 is 0.717 bits per heavy atom. The molecule has 310 valence electrons. The molecule has 0 amide bonds. The Balaban J connectivity index is 2.03. The van der Waals surface area contributed by atoms with Crippen molar-refractivity contribution in [1.82, 2.24) is 0 Å². The SMILES string of the molecule is CCCCC[C@H](O)/C=C/[C@H]1OC(O)C[C@H](O)[C@@H]1C/C=C\CCCC(=O)OC[C@@H](O)COC(=O)CCCCCCCCCCCCCCCCC(C)CC. The molecule has 53 heavy (non-hydrogen) atoms. The Labute approximate surface area is 323 Å². The molecule has 1 saturated heterocycles. The van der Waals surface area contributed by atoms with Gasteiger partial charge in [0.2, 0.25) is 0 Å². The van der Waals surface area contributed by atoms with Crippen molar-refractivity contribution in [3.05, 3.63) is 24.3 Å². The third-order valence-corrected chi connectivity index (χ3v) is 10.5. The number of carbonyl (C=O) groups is 2. The van der Waals surface area contributed by atoms with E-state index < -0.39 is 36.7 Å². The molecule has 9 nitrogen and oxygen atoms in total. The lowest BCUT2D eigenvalue weighted by atomic mass is 9.87. The first-order valence-electron chi connectivity index (χ1n) is 21.7. The summed E-state index contributed by atoms with van der Waals surface area (Å²) < 4.78 is 16.0. The van der Waals surface area contributed by atoms with Crippen molar-refractivity contribution in [2.75, 3.05) is 13.2 Å². The second kappa shape index (κ2) is 33.5. The van der Waals surface area contributed by atoms with Gasteiger partial charge in [-0.3, -0.25) is 9.59 Å². The number of esters is 2. The van der Waals surface area contributed by atoms with Crippen LogP contribution in [0.3, 0.4) is 0 Å². The van der Waals surface area contributed by atoms with Gasteiger partial charge in [-0.25, -0.2) is 0 Å². The Hall–Kier alpha value is -1.78. The number of allylic oxidation sites excluding steroid dienone is 2. The zero-order valence-corrected chi connectivity index (χ0v) is 34.0. The van der Waals surface area contributed by atoms with E-state index in [0.29, 0.717) is 32.1 Å². The van der Waals surface area contributed by atoms with Gasteiger partial charge in [0.15, 0.2) is 6.29 Å². The van der Waals surface area contributed by atoms with Crippen LogP contribution in [0.4, 0.5) is 0 Å². The zero-order valence-electron chi connectivity index (χ0n) is 34.0. The molecule has 1 rings (SSSR count). The molecular formula is C44H80O9. The van der Waals surface area contributed by atoms with Crippen molar-refractivity contribution in [3.63, 3.8) is 0 Å². The summed E-state index contributed by atoms with van der Waals surface area (Å²) in [4.78, 5) is 24.2. The largest absolute Gasteiger partial charge is 0.463 e. The van der Waals surface area contributed by atoms with Gasteiger partial charge in [0, 0.05) is 25.2 Å². The van der Waals surface area contributed by atoms with Crippen LogP contribution in [0.2, 0.25) is 0 Å². The molecule has 1 heterocycles. The average molecular weight is 753 g/mol. The molecule has 0 aliphatic carbocycles. The van der Waals surface area contributed by atoms with Crippen LogP contribution >= 0.6 is 0 Å². The fraction of sp³-hybridized carbons (Fsp3) is 0.864. The monoisotopic (exact) mass is 753 g/mol. The van der Waals surface area contributed by atoms with Crippen LogP contribution in [0.25, 0.3) is 0 Å². The van der Waals surface area contributed by atoms with E-state index in [1.165, 1.54) is 83.5 Å². The van der Waals surface area contributed by atoms with Gasteiger partial charge in [0.05, 0.1) is 18.3 Å². The molecular weight excluding hydrogens is 672 g/mol. The lowest BCUT2D eigenvalue weighted by Gasteiger charge is -2.36. The highest BCUT2D eigenvalue weighted by Gasteiger charge is 2.35. The van der Waals surface area contributed by atoms with Gasteiger partial charge >= 0.3 is 11.9 Å². The van der Waals surface area contributed by atoms with Gasteiger partial charge in [0.25, 0.3) is 0 Å². The smallest absolute Gasteiger partial charge is 0.305 e. The van der Waals surface area contributed by atoms with E-state index >= 15 is 0 Å². The number of aliphatic hydroxyl groups excluding tert-OH is 4. The van der Waals surface area contributed by atoms with Crippen molar-refractivity contribution in [2.24, 2.45) is 11.8 Å². The number of unbranched alkanes of at least 4 members (excludes halogenated alkanes) is 16. The fourth-order valence-corrected chi connectivity index (χ4v) is 6.75. The fourth-order valence-electron chi connectivity index (χ4n) is 6.75. The Morgan fingerprint density at radius 2 is 1.25 bits per heavy atom. The Bertz CT molecular complexity index is 938. The minimum atomic E-state index is -1.05. The maximum absolute atomic E-state index is 12.1. The van der Waals surface area contributed by atoms with Gasteiger partial charge < -0.3 is 34.6 Å². The highest BCUT2D eigenvalue weighted by Crippen LogP contribution is 2.29. The molecule has 4 N–H and O–H groups in total. The van der Waals surface area contributed by atoms with Gasteiger partial charge in [-0.05, 0) is 38.0 Å². The van der Waals surface area contributed by atoms with E-state index in [-0.39, 0.29) is 37.9 Å². The van der Waals surface area contributed by atoms with E-state index in [0.717, 1.165) is 44.4 Å². The first kappa shape index (κ1) is 49.2. The van der Waals surface area contributed by atoms with Crippen molar-refractivity contribution < 1.29 is 44.2 Å². The third kappa shape index (κ3) is 28.3. The summed E-state index contributed by atoms with van der Waals surface area (Å²) in [6.45, 7) is 6.36. The summed E-state index contributed by atoms with van der Waals surface area (Å²) >= 11 is 0. The molecule has 1 aliphatic heterocycles. The summed E-state index contributed by atoms with van der Waals surface area (Å²) in [5.74, 6) is -0.116. The first-order valence-corrected chi connectivity index (χ1v) is 21.7. The van der Waals surface area contributed by atoms with Gasteiger partial charge in [0.1, 0.15) is 19.3 Å². The predicted octanol–water partition coefficient (Wildman–Crippen LogP) is 9.42. The van der Waals surface area contributed by atoms with Crippen molar-refractivity contribution in [1.29, 1.82) is 0 Å². The minimum Gasteiger partial charge on any atom is -0.463 e. The summed E-state index contributed by atoms with van der Waals surface area (Å²) in [7, 11) is 0. The molecule has 0 spiro atoms. The topological polar surface area (TPSA) is 143 Å². The van der Waals surface area contributed by atoms with Crippen LogP contribution in [-0.2, 0) is 23.8 Å². The predicted molar refractivity (Wildman–Crippen MR) is 213 cm³/mol. The molecule has 0 radical (unpaired) electrons. The Morgan fingerprint density at radius 3 is 1.81 bits per heavy atom. The highest BCUT2D eigenvalue weighted by molar-refractivity contribution is 5.69. The van der Waals surface area contributed by atoms with Crippen LogP contribution in [0.15, 0.2) is 24.3 Å². The van der Waals surface area contributed by atoms with E-state index in [2.05, 4.69) is 20.8 Å². The van der Waals surface area contributed by atoms with Crippen LogP contribution in [-0.4, -0.2) is 76.3 Å². The highest BCUT2D eigenvalue weighted by atomic mass is 16.6. The van der Waals surface area contributed by atoms with Gasteiger partial charge in [-0.1, -0.05) is 161 Å². The van der Waals surface area contributed by atoms with Crippen molar-refractivity contribution in [3.8, 4) is 0 Å². The molecule has 0 aromatic heterocycles. The lowest BCUT2D eigenvalue weighted by Crippen LogP contribution is -2.43. The van der Waals surface area contributed by atoms with Crippen LogP contribution in [0.1, 0.15) is 188 Å². The molecule has 9 heteroatoms. The molecule has 1 aliphatic rings. The first-order chi connectivity index (χ1) is 25.7. The zero-order chi connectivity index (χ0) is 38.9. The number of aliphatic hydroxyl groups is 4.